The van der Waals surface area contributed by atoms with Crippen molar-refractivity contribution < 1.29 is 23.1 Å². The van der Waals surface area contributed by atoms with E-state index < -0.39 is 22.2 Å². The summed E-state index contributed by atoms with van der Waals surface area (Å²) in [5.74, 6) is -0.761. The van der Waals surface area contributed by atoms with Crippen molar-refractivity contribution >= 4 is 28.1 Å². The number of sulfonamides is 1. The Morgan fingerprint density at radius 3 is 2.34 bits per heavy atom. The van der Waals surface area contributed by atoms with Crippen LogP contribution in [0.25, 0.3) is 0 Å². The number of hydrogen-bond acceptors (Lipinski definition) is 8. The number of phenols is 1. The van der Waals surface area contributed by atoms with Gasteiger partial charge in [-0.15, -0.1) is 0 Å². The Morgan fingerprint density at radius 1 is 1.06 bits per heavy atom. The molecule has 2 heterocycles. The minimum absolute atomic E-state index is 0.0256. The molecule has 0 spiro atoms. The number of carbonyl (C=O) groups excluding carboxylic acids is 1. The van der Waals surface area contributed by atoms with Crippen molar-refractivity contribution in [3.05, 3.63) is 78.1 Å². The molecule has 0 radical (unpaired) electrons. The third kappa shape index (κ3) is 4.29. The van der Waals surface area contributed by atoms with Gasteiger partial charge in [0, 0.05) is 31.3 Å². The molecule has 1 aliphatic rings. The molecule has 10 nitrogen and oxygen atoms in total. The predicted molar refractivity (Wildman–Crippen MR) is 116 cm³/mol. The number of phenolic OH excluding ortho intramolecular Hbond substituents is 1. The van der Waals surface area contributed by atoms with Gasteiger partial charge in [0.15, 0.2) is 6.23 Å². The summed E-state index contributed by atoms with van der Waals surface area (Å²) in [7, 11) is -2.40. The lowest BCUT2D eigenvalue weighted by molar-refractivity contribution is -0.0138. The number of amides is 1. The van der Waals surface area contributed by atoms with Crippen LogP contribution in [0.5, 0.6) is 5.75 Å². The van der Waals surface area contributed by atoms with Crippen LogP contribution in [0.4, 0.5) is 5.95 Å². The molecule has 0 saturated carbocycles. The van der Waals surface area contributed by atoms with Crippen LogP contribution in [0, 0.1) is 0 Å². The standard InChI is InChI=1S/C21H19N5O5S/c1-31-20-18(13-24-26(20)19(28)15-3-7-16(27)8-4-15)14-5-9-17(10-6-14)32(29,30)25-21-22-11-2-12-23-21/h2-13,18,20,27H,1H3,(H,22,23,25). The van der Waals surface area contributed by atoms with Crippen LogP contribution in [0.2, 0.25) is 0 Å². The van der Waals surface area contributed by atoms with Gasteiger partial charge in [-0.05, 0) is 48.0 Å². The number of aromatic nitrogens is 2. The van der Waals surface area contributed by atoms with E-state index in [1.54, 1.807) is 24.4 Å². The second-order valence-electron chi connectivity index (χ2n) is 6.86. The number of hydrogen-bond donors (Lipinski definition) is 2. The van der Waals surface area contributed by atoms with Crippen molar-refractivity contribution in [3.8, 4) is 5.75 Å². The van der Waals surface area contributed by atoms with Gasteiger partial charge in [-0.25, -0.2) is 23.1 Å². The number of nitrogens with one attached hydrogen (secondary N) is 1. The molecule has 11 heteroatoms. The normalized spacial score (nSPS) is 18.0. The van der Waals surface area contributed by atoms with Crippen LogP contribution in [0.15, 0.2) is 77.0 Å². The first kappa shape index (κ1) is 21.4. The Morgan fingerprint density at radius 2 is 1.72 bits per heavy atom. The van der Waals surface area contributed by atoms with Gasteiger partial charge in [0.05, 0.1) is 10.8 Å². The average molecular weight is 453 g/mol. The SMILES string of the molecule is COC1C(c2ccc(S(=O)(=O)Nc3ncccn3)cc2)C=NN1C(=O)c1ccc(O)cc1. The number of hydrazone groups is 1. The lowest BCUT2D eigenvalue weighted by Gasteiger charge is -2.25. The van der Waals surface area contributed by atoms with E-state index >= 15 is 0 Å². The van der Waals surface area contributed by atoms with Crippen LogP contribution in [-0.4, -0.2) is 54.0 Å². The zero-order valence-electron chi connectivity index (χ0n) is 16.9. The summed E-state index contributed by atoms with van der Waals surface area (Å²) in [5.41, 5.74) is 1.06. The highest BCUT2D eigenvalue weighted by atomic mass is 32.2. The quantitative estimate of drug-likeness (QED) is 0.584. The highest BCUT2D eigenvalue weighted by molar-refractivity contribution is 7.92. The molecule has 2 unspecified atom stereocenters. The van der Waals surface area contributed by atoms with Gasteiger partial charge in [-0.3, -0.25) is 4.79 Å². The smallest absolute Gasteiger partial charge is 0.276 e. The number of benzene rings is 2. The summed E-state index contributed by atoms with van der Waals surface area (Å²) < 4.78 is 33.0. The molecule has 0 aliphatic carbocycles. The van der Waals surface area contributed by atoms with Gasteiger partial charge >= 0.3 is 0 Å². The molecule has 0 bridgehead atoms. The first-order valence-corrected chi connectivity index (χ1v) is 11.0. The van der Waals surface area contributed by atoms with E-state index in [0.717, 1.165) is 5.56 Å². The Hall–Kier alpha value is -3.83. The van der Waals surface area contributed by atoms with Crippen LogP contribution in [0.3, 0.4) is 0 Å². The van der Waals surface area contributed by atoms with E-state index in [2.05, 4.69) is 19.8 Å². The monoisotopic (exact) mass is 453 g/mol. The van der Waals surface area contributed by atoms with Crippen LogP contribution >= 0.6 is 0 Å². The summed E-state index contributed by atoms with van der Waals surface area (Å²) in [6.45, 7) is 0. The van der Waals surface area contributed by atoms with Crippen molar-refractivity contribution in [2.45, 2.75) is 17.0 Å². The number of aromatic hydroxyl groups is 1. The lowest BCUT2D eigenvalue weighted by Crippen LogP contribution is -2.37. The molecule has 1 amide bonds. The molecule has 164 valence electrons. The molecule has 0 saturated heterocycles. The van der Waals surface area contributed by atoms with E-state index in [9.17, 15) is 18.3 Å². The van der Waals surface area contributed by atoms with Crippen molar-refractivity contribution in [2.75, 3.05) is 11.8 Å². The highest BCUT2D eigenvalue weighted by Gasteiger charge is 2.36. The average Bonchev–Trinajstić information content (AvgIpc) is 3.24. The maximum atomic E-state index is 12.8. The lowest BCUT2D eigenvalue weighted by atomic mass is 9.99. The number of rotatable bonds is 6. The summed E-state index contributed by atoms with van der Waals surface area (Å²) >= 11 is 0. The van der Waals surface area contributed by atoms with Gasteiger partial charge < -0.3 is 9.84 Å². The second kappa shape index (κ2) is 8.73. The molecule has 3 aromatic rings. The van der Waals surface area contributed by atoms with Crippen molar-refractivity contribution in [1.82, 2.24) is 15.0 Å². The second-order valence-corrected chi connectivity index (χ2v) is 8.54. The zero-order valence-corrected chi connectivity index (χ0v) is 17.7. The fraction of sp³-hybridized carbons (Fsp3) is 0.143. The van der Waals surface area contributed by atoms with Crippen molar-refractivity contribution in [3.63, 3.8) is 0 Å². The van der Waals surface area contributed by atoms with Gasteiger partial charge in [-0.1, -0.05) is 12.1 Å². The minimum atomic E-state index is -3.86. The van der Waals surface area contributed by atoms with Gasteiger partial charge in [0.25, 0.3) is 15.9 Å². The van der Waals surface area contributed by atoms with E-state index in [4.69, 9.17) is 4.74 Å². The molecule has 2 atom stereocenters. The summed E-state index contributed by atoms with van der Waals surface area (Å²) in [4.78, 5) is 20.6. The number of nitrogens with zero attached hydrogens (tertiary/aromatic N) is 4. The van der Waals surface area contributed by atoms with E-state index in [0.29, 0.717) is 5.56 Å². The van der Waals surface area contributed by atoms with E-state index in [1.807, 2.05) is 0 Å². The molecular weight excluding hydrogens is 434 g/mol. The molecule has 0 fully saturated rings. The Kier molecular flexibility index (Phi) is 5.84. The molecule has 2 aromatic carbocycles. The van der Waals surface area contributed by atoms with Crippen LogP contribution in [-0.2, 0) is 14.8 Å². The van der Waals surface area contributed by atoms with Crippen LogP contribution < -0.4 is 4.72 Å². The maximum Gasteiger partial charge on any atom is 0.276 e. The Labute approximate surface area is 184 Å². The molecular formula is C21H19N5O5S. The largest absolute Gasteiger partial charge is 0.508 e. The van der Waals surface area contributed by atoms with E-state index in [1.165, 1.54) is 60.9 Å². The molecule has 2 N–H and O–H groups in total. The van der Waals surface area contributed by atoms with Crippen molar-refractivity contribution in [2.24, 2.45) is 5.10 Å². The molecule has 32 heavy (non-hydrogen) atoms. The van der Waals surface area contributed by atoms with Crippen LogP contribution in [0.1, 0.15) is 21.8 Å². The number of ether oxygens (including phenoxy) is 1. The molecule has 4 rings (SSSR count). The maximum absolute atomic E-state index is 12.8. The number of anilines is 1. The number of carbonyl (C=O) groups is 1. The van der Waals surface area contributed by atoms with Gasteiger partial charge in [0.1, 0.15) is 5.75 Å². The highest BCUT2D eigenvalue weighted by Crippen LogP contribution is 2.30. The fourth-order valence-electron chi connectivity index (χ4n) is 3.24. The van der Waals surface area contributed by atoms with Gasteiger partial charge in [-0.2, -0.15) is 10.1 Å². The summed E-state index contributed by atoms with van der Waals surface area (Å²) in [6.07, 6.45) is 3.73. The Balaban J connectivity index is 1.52. The first-order chi connectivity index (χ1) is 15.4. The topological polar surface area (TPSA) is 134 Å². The van der Waals surface area contributed by atoms with Crippen molar-refractivity contribution in [1.29, 1.82) is 0 Å². The third-order valence-corrected chi connectivity index (χ3v) is 6.17. The summed E-state index contributed by atoms with van der Waals surface area (Å²) in [6, 6.07) is 13.6. The summed E-state index contributed by atoms with van der Waals surface area (Å²) in [5, 5.41) is 14.8. The predicted octanol–water partition coefficient (Wildman–Crippen LogP) is 2.18. The molecule has 1 aliphatic heterocycles. The molecule has 1 aromatic heterocycles. The zero-order chi connectivity index (χ0) is 22.7. The third-order valence-electron chi connectivity index (χ3n) is 4.83. The van der Waals surface area contributed by atoms with E-state index in [-0.39, 0.29) is 22.5 Å². The Bertz CT molecular complexity index is 1230. The number of methoxy groups -OCH3 is 1. The fourth-order valence-corrected chi connectivity index (χ4v) is 4.19. The van der Waals surface area contributed by atoms with Gasteiger partial charge in [0.2, 0.25) is 5.95 Å². The minimum Gasteiger partial charge on any atom is -0.508 e. The first-order valence-electron chi connectivity index (χ1n) is 9.48.